The number of nitrogens with zero attached hydrogens (tertiary/aromatic N) is 2. The highest BCUT2D eigenvalue weighted by Gasteiger charge is 2.13. The molecule has 1 aromatic rings. The number of hydrogen-bond donors (Lipinski definition) is 1. The van der Waals surface area contributed by atoms with Crippen molar-refractivity contribution in [3.8, 4) is 0 Å². The number of urea groups is 1. The lowest BCUT2D eigenvalue weighted by atomic mass is 10.2. The quantitative estimate of drug-likeness (QED) is 0.863. The minimum Gasteiger partial charge on any atom is -0.334 e. The largest absolute Gasteiger partial charge is 0.334 e. The van der Waals surface area contributed by atoms with E-state index < -0.39 is 0 Å². The zero-order valence-electron chi connectivity index (χ0n) is 13.7. The van der Waals surface area contributed by atoms with Gasteiger partial charge in [-0.25, -0.2) is 4.79 Å². The molecule has 0 aromatic heterocycles. The zero-order chi connectivity index (χ0) is 16.7. The van der Waals surface area contributed by atoms with Crippen LogP contribution in [0.3, 0.4) is 0 Å². The Morgan fingerprint density at radius 2 is 1.91 bits per heavy atom. The molecule has 23 heavy (non-hydrogen) atoms. The minimum atomic E-state index is -0.0872. The van der Waals surface area contributed by atoms with Gasteiger partial charge >= 0.3 is 6.03 Å². The molecule has 128 valence electrons. The summed E-state index contributed by atoms with van der Waals surface area (Å²) in [6.45, 7) is 4.34. The number of carbonyl (C=O) groups excluding carboxylic acids is 1. The van der Waals surface area contributed by atoms with Crippen LogP contribution in [0.15, 0.2) is 18.2 Å². The van der Waals surface area contributed by atoms with Gasteiger partial charge in [0.25, 0.3) is 0 Å². The number of likely N-dealkylation sites (tertiary alicyclic amines) is 1. The molecular weight excluding hydrogens is 333 g/mol. The van der Waals surface area contributed by atoms with E-state index in [9.17, 15) is 4.79 Å². The van der Waals surface area contributed by atoms with E-state index in [1.165, 1.54) is 25.7 Å². The van der Waals surface area contributed by atoms with Gasteiger partial charge < -0.3 is 15.1 Å². The summed E-state index contributed by atoms with van der Waals surface area (Å²) in [6, 6.07) is 5.35. The average Bonchev–Trinajstić information content (AvgIpc) is 2.82. The van der Waals surface area contributed by atoms with Crippen molar-refractivity contribution in [2.45, 2.75) is 32.2 Å². The van der Waals surface area contributed by atoms with E-state index in [0.29, 0.717) is 16.6 Å². The molecule has 2 amide bonds. The highest BCUT2D eigenvalue weighted by molar-refractivity contribution is 6.42. The van der Waals surface area contributed by atoms with E-state index in [2.05, 4.69) is 10.2 Å². The average molecular weight is 358 g/mol. The summed E-state index contributed by atoms with van der Waals surface area (Å²) in [6.07, 6.45) is 5.19. The number of benzene rings is 1. The second-order valence-corrected chi connectivity index (χ2v) is 6.83. The van der Waals surface area contributed by atoms with Crippen LogP contribution >= 0.6 is 23.2 Å². The minimum absolute atomic E-state index is 0.0872. The molecule has 1 aliphatic heterocycles. The van der Waals surface area contributed by atoms with Gasteiger partial charge in [-0.3, -0.25) is 0 Å². The second kappa shape index (κ2) is 9.36. The van der Waals surface area contributed by atoms with Crippen LogP contribution < -0.4 is 5.32 Å². The molecule has 0 atom stereocenters. The van der Waals surface area contributed by atoms with Crippen LogP contribution in [0.4, 0.5) is 4.79 Å². The van der Waals surface area contributed by atoms with Crippen LogP contribution in [-0.4, -0.2) is 49.1 Å². The van der Waals surface area contributed by atoms with Gasteiger partial charge in [-0.15, -0.1) is 0 Å². The topological polar surface area (TPSA) is 35.6 Å². The molecule has 0 aliphatic carbocycles. The third kappa shape index (κ3) is 5.87. The van der Waals surface area contributed by atoms with Crippen LogP contribution in [0.1, 0.15) is 31.2 Å². The third-order valence-electron chi connectivity index (χ3n) is 4.26. The molecule has 0 spiro atoms. The molecule has 1 N–H and O–H groups in total. The van der Waals surface area contributed by atoms with Gasteiger partial charge in [0.15, 0.2) is 0 Å². The lowest BCUT2D eigenvalue weighted by Gasteiger charge is -2.24. The third-order valence-corrected chi connectivity index (χ3v) is 5.12. The summed E-state index contributed by atoms with van der Waals surface area (Å²) >= 11 is 12.1. The maximum absolute atomic E-state index is 12.2. The number of likely N-dealkylation sites (N-methyl/N-ethyl adjacent to an activating group) is 1. The number of hydrogen-bond acceptors (Lipinski definition) is 2. The molecule has 1 aliphatic rings. The number of carbonyl (C=O) groups is 1. The van der Waals surface area contributed by atoms with E-state index in [4.69, 9.17) is 23.2 Å². The standard InChI is InChI=1S/C17H25Cl2N3O/c1-21(11-12-22-9-4-2-3-5-10-22)17(23)20-13-14-7-6-8-15(18)16(14)19/h6-8H,2-5,9-13H2,1H3,(H,20,23). The Morgan fingerprint density at radius 1 is 1.22 bits per heavy atom. The molecule has 4 nitrogen and oxygen atoms in total. The van der Waals surface area contributed by atoms with E-state index in [-0.39, 0.29) is 6.03 Å². The molecular formula is C17H25Cl2N3O. The molecule has 1 fully saturated rings. The molecule has 0 unspecified atom stereocenters. The molecule has 0 saturated carbocycles. The van der Waals surface area contributed by atoms with Gasteiger partial charge in [-0.2, -0.15) is 0 Å². The Balaban J connectivity index is 1.75. The van der Waals surface area contributed by atoms with Crippen molar-refractivity contribution < 1.29 is 4.79 Å². The summed E-state index contributed by atoms with van der Waals surface area (Å²) in [5.41, 5.74) is 0.827. The van der Waals surface area contributed by atoms with Crippen molar-refractivity contribution in [1.82, 2.24) is 15.1 Å². The van der Waals surface area contributed by atoms with Crippen LogP contribution in [0.25, 0.3) is 0 Å². The number of nitrogens with one attached hydrogen (secondary N) is 1. The van der Waals surface area contributed by atoms with Gasteiger partial charge in [-0.1, -0.05) is 48.2 Å². The molecule has 2 rings (SSSR count). The van der Waals surface area contributed by atoms with E-state index in [1.807, 2.05) is 19.2 Å². The molecule has 0 bridgehead atoms. The Hall–Kier alpha value is -0.970. The fourth-order valence-corrected chi connectivity index (χ4v) is 3.13. The van der Waals surface area contributed by atoms with Crippen molar-refractivity contribution in [1.29, 1.82) is 0 Å². The molecule has 0 radical (unpaired) electrons. The Bertz CT molecular complexity index is 517. The van der Waals surface area contributed by atoms with Crippen molar-refractivity contribution in [2.24, 2.45) is 0 Å². The summed E-state index contributed by atoms with van der Waals surface area (Å²) < 4.78 is 0. The van der Waals surface area contributed by atoms with Gasteiger partial charge in [-0.05, 0) is 37.6 Å². The summed E-state index contributed by atoms with van der Waals surface area (Å²) in [7, 11) is 1.83. The first-order chi connectivity index (χ1) is 11.1. The molecule has 1 saturated heterocycles. The van der Waals surface area contributed by atoms with Gasteiger partial charge in [0.1, 0.15) is 0 Å². The smallest absolute Gasteiger partial charge is 0.317 e. The predicted molar refractivity (Wildman–Crippen MR) is 96.2 cm³/mol. The van der Waals surface area contributed by atoms with Crippen molar-refractivity contribution in [3.05, 3.63) is 33.8 Å². The SMILES string of the molecule is CN(CCN1CCCCCC1)C(=O)NCc1cccc(Cl)c1Cl. The van der Waals surface area contributed by atoms with Gasteiger partial charge in [0.2, 0.25) is 0 Å². The van der Waals surface area contributed by atoms with E-state index in [0.717, 1.165) is 31.7 Å². The first-order valence-corrected chi connectivity index (χ1v) is 8.97. The number of amides is 2. The maximum atomic E-state index is 12.2. The summed E-state index contributed by atoms with van der Waals surface area (Å²) in [4.78, 5) is 16.3. The number of rotatable bonds is 5. The first kappa shape index (κ1) is 18.4. The normalized spacial score (nSPS) is 16.0. The Labute approximate surface area is 148 Å². The second-order valence-electron chi connectivity index (χ2n) is 6.05. The highest BCUT2D eigenvalue weighted by Crippen LogP contribution is 2.25. The van der Waals surface area contributed by atoms with E-state index in [1.54, 1.807) is 11.0 Å². The Kier molecular flexibility index (Phi) is 7.47. The van der Waals surface area contributed by atoms with Crippen LogP contribution in [-0.2, 0) is 6.54 Å². The number of halogens is 2. The van der Waals surface area contributed by atoms with E-state index >= 15 is 0 Å². The summed E-state index contributed by atoms with van der Waals surface area (Å²) in [5.74, 6) is 0. The lowest BCUT2D eigenvalue weighted by molar-refractivity contribution is 0.195. The van der Waals surface area contributed by atoms with Gasteiger partial charge in [0.05, 0.1) is 10.0 Å². The van der Waals surface area contributed by atoms with Gasteiger partial charge in [0, 0.05) is 26.7 Å². The van der Waals surface area contributed by atoms with Crippen LogP contribution in [0, 0.1) is 0 Å². The predicted octanol–water partition coefficient (Wildman–Crippen LogP) is 4.01. The van der Waals surface area contributed by atoms with Crippen LogP contribution in [0.5, 0.6) is 0 Å². The molecule has 1 aromatic carbocycles. The highest BCUT2D eigenvalue weighted by atomic mass is 35.5. The molecule has 1 heterocycles. The van der Waals surface area contributed by atoms with Crippen LogP contribution in [0.2, 0.25) is 10.0 Å². The summed E-state index contributed by atoms with van der Waals surface area (Å²) in [5, 5.41) is 3.90. The zero-order valence-corrected chi connectivity index (χ0v) is 15.2. The van der Waals surface area contributed by atoms with Crippen molar-refractivity contribution in [2.75, 3.05) is 33.2 Å². The van der Waals surface area contributed by atoms with Crippen molar-refractivity contribution >= 4 is 29.2 Å². The monoisotopic (exact) mass is 357 g/mol. The first-order valence-electron chi connectivity index (χ1n) is 8.22. The lowest BCUT2D eigenvalue weighted by Crippen LogP contribution is -2.41. The fourth-order valence-electron chi connectivity index (χ4n) is 2.74. The Morgan fingerprint density at radius 3 is 2.61 bits per heavy atom. The maximum Gasteiger partial charge on any atom is 0.317 e. The van der Waals surface area contributed by atoms with Crippen molar-refractivity contribution in [3.63, 3.8) is 0 Å². The fraction of sp³-hybridized carbons (Fsp3) is 0.588. The molecule has 6 heteroatoms.